The van der Waals surface area contributed by atoms with Gasteiger partial charge in [-0.05, 0) is 73.2 Å². The summed E-state index contributed by atoms with van der Waals surface area (Å²) in [6.07, 6.45) is 2.65. The second-order valence-electron chi connectivity index (χ2n) is 8.73. The number of carboxylic acids is 1. The molecule has 4 heteroatoms. The van der Waals surface area contributed by atoms with E-state index < -0.39 is 5.97 Å². The monoisotopic (exact) mass is 403 g/mol. The number of rotatable bonds is 6. The van der Waals surface area contributed by atoms with Crippen molar-refractivity contribution in [1.82, 2.24) is 4.90 Å². The van der Waals surface area contributed by atoms with E-state index in [2.05, 4.69) is 34.9 Å². The predicted molar refractivity (Wildman–Crippen MR) is 118 cm³/mol. The Kier molecular flexibility index (Phi) is 5.83. The molecule has 0 aromatic heterocycles. The van der Waals surface area contributed by atoms with Crippen LogP contribution in [0.4, 0.5) is 0 Å². The molecular formula is C26H29NO3. The van der Waals surface area contributed by atoms with Crippen LogP contribution in [0.15, 0.2) is 42.5 Å². The van der Waals surface area contributed by atoms with Gasteiger partial charge in [0.25, 0.3) is 0 Å². The first-order valence-electron chi connectivity index (χ1n) is 10.8. The lowest BCUT2D eigenvalue weighted by atomic mass is 9.85. The number of hydrogen-bond acceptors (Lipinski definition) is 3. The second-order valence-corrected chi connectivity index (χ2v) is 8.73. The second kappa shape index (κ2) is 8.53. The average Bonchev–Trinajstić information content (AvgIpc) is 3.47. The maximum atomic E-state index is 11.0. The van der Waals surface area contributed by atoms with Crippen LogP contribution >= 0.6 is 0 Å². The number of nitrogens with zero attached hydrogens (tertiary/aromatic N) is 1. The summed E-state index contributed by atoms with van der Waals surface area (Å²) in [6.45, 7) is 7.44. The van der Waals surface area contributed by atoms with Gasteiger partial charge < -0.3 is 9.84 Å². The van der Waals surface area contributed by atoms with E-state index in [4.69, 9.17) is 9.84 Å². The fraction of sp³-hybridized carbons (Fsp3) is 0.423. The summed E-state index contributed by atoms with van der Waals surface area (Å²) in [5, 5.41) is 9.05. The Hall–Kier alpha value is -2.77. The highest BCUT2D eigenvalue weighted by Gasteiger charge is 2.49. The van der Waals surface area contributed by atoms with Crippen LogP contribution in [-0.2, 0) is 16.8 Å². The van der Waals surface area contributed by atoms with Gasteiger partial charge in [-0.1, -0.05) is 24.8 Å². The molecule has 1 aliphatic heterocycles. The molecule has 30 heavy (non-hydrogen) atoms. The minimum atomic E-state index is -0.711. The van der Waals surface area contributed by atoms with Crippen LogP contribution in [0.2, 0.25) is 0 Å². The minimum absolute atomic E-state index is 0.166. The summed E-state index contributed by atoms with van der Waals surface area (Å²) in [5.41, 5.74) is 5.10. The molecule has 2 aromatic rings. The fourth-order valence-electron chi connectivity index (χ4n) is 4.55. The molecule has 156 valence electrons. The van der Waals surface area contributed by atoms with E-state index in [0.717, 1.165) is 36.5 Å². The Bertz CT molecular complexity index is 980. The quantitative estimate of drug-likeness (QED) is 0.725. The normalized spacial score (nSPS) is 17.5. The summed E-state index contributed by atoms with van der Waals surface area (Å²) >= 11 is 0. The number of ether oxygens (including phenoxy) is 1. The van der Waals surface area contributed by atoms with Gasteiger partial charge in [-0.2, -0.15) is 0 Å². The molecule has 1 N–H and O–H groups in total. The maximum Gasteiger partial charge on any atom is 0.303 e. The molecule has 4 rings (SSSR count). The molecule has 2 aromatic carbocycles. The van der Waals surface area contributed by atoms with E-state index in [-0.39, 0.29) is 17.8 Å². The molecule has 0 bridgehead atoms. The number of fused-ring (bicyclic) bond motifs is 2. The van der Waals surface area contributed by atoms with Crippen molar-refractivity contribution in [2.45, 2.75) is 45.1 Å². The molecule has 1 atom stereocenters. The Balaban J connectivity index is 1.49. The molecule has 1 saturated carbocycles. The van der Waals surface area contributed by atoms with E-state index in [9.17, 15) is 4.79 Å². The highest BCUT2D eigenvalue weighted by atomic mass is 16.5. The van der Waals surface area contributed by atoms with Crippen molar-refractivity contribution in [2.24, 2.45) is 5.92 Å². The molecule has 2 aliphatic rings. The largest absolute Gasteiger partial charge is 0.494 e. The molecule has 1 heterocycles. The third-order valence-corrected chi connectivity index (χ3v) is 6.06. The standard InChI is InChI=1S/C26H29NO3/c1-3-30-23-10-7-20(8-11-23)4-5-21-6-9-22-17-27(16-19(2)14-25(28)29)18-26(12-13-26)24(22)15-21/h6-11,15,19H,3,12-14,16-18H2,1-2H3,(H,28,29). The van der Waals surface area contributed by atoms with Crippen molar-refractivity contribution in [1.29, 1.82) is 0 Å². The first-order valence-corrected chi connectivity index (χ1v) is 10.8. The summed E-state index contributed by atoms with van der Waals surface area (Å²) < 4.78 is 5.49. The molecule has 1 spiro atoms. The molecule has 4 nitrogen and oxygen atoms in total. The summed E-state index contributed by atoms with van der Waals surface area (Å²) in [6, 6.07) is 14.5. The van der Waals surface area contributed by atoms with Gasteiger partial charge in [0.15, 0.2) is 0 Å². The van der Waals surface area contributed by atoms with Crippen LogP contribution in [0.1, 0.15) is 55.4 Å². The highest BCUT2D eigenvalue weighted by Crippen LogP contribution is 2.52. The average molecular weight is 404 g/mol. The topological polar surface area (TPSA) is 49.8 Å². The van der Waals surface area contributed by atoms with Gasteiger partial charge in [0.1, 0.15) is 5.75 Å². The third-order valence-electron chi connectivity index (χ3n) is 6.06. The number of carboxylic acid groups (broad SMARTS) is 1. The van der Waals surface area contributed by atoms with Gasteiger partial charge in [-0.15, -0.1) is 0 Å². The highest BCUT2D eigenvalue weighted by molar-refractivity contribution is 5.67. The van der Waals surface area contributed by atoms with Crippen molar-refractivity contribution in [2.75, 3.05) is 19.7 Å². The summed E-state index contributed by atoms with van der Waals surface area (Å²) in [4.78, 5) is 13.4. The van der Waals surface area contributed by atoms with Gasteiger partial charge >= 0.3 is 5.97 Å². The summed E-state index contributed by atoms with van der Waals surface area (Å²) in [7, 11) is 0. The Morgan fingerprint density at radius 1 is 1.17 bits per heavy atom. The van der Waals surface area contributed by atoms with Gasteiger partial charge in [0.05, 0.1) is 6.61 Å². The van der Waals surface area contributed by atoms with Gasteiger partial charge in [0.2, 0.25) is 0 Å². The van der Waals surface area contributed by atoms with Crippen molar-refractivity contribution in [3.05, 3.63) is 64.7 Å². The van der Waals surface area contributed by atoms with Crippen LogP contribution in [0.5, 0.6) is 5.75 Å². The van der Waals surface area contributed by atoms with Gasteiger partial charge in [-0.25, -0.2) is 0 Å². The van der Waals surface area contributed by atoms with Crippen molar-refractivity contribution in [3.8, 4) is 17.6 Å². The van der Waals surface area contributed by atoms with Crippen molar-refractivity contribution < 1.29 is 14.6 Å². The van der Waals surface area contributed by atoms with Crippen LogP contribution in [0, 0.1) is 17.8 Å². The van der Waals surface area contributed by atoms with Crippen LogP contribution in [-0.4, -0.2) is 35.7 Å². The maximum absolute atomic E-state index is 11.0. The third kappa shape index (κ3) is 4.68. The predicted octanol–water partition coefficient (Wildman–Crippen LogP) is 4.44. The minimum Gasteiger partial charge on any atom is -0.494 e. The molecule has 1 aliphatic carbocycles. The lowest BCUT2D eigenvalue weighted by Gasteiger charge is -2.36. The number of aliphatic carboxylic acids is 1. The number of carbonyl (C=O) groups is 1. The zero-order chi connectivity index (χ0) is 21.1. The van der Waals surface area contributed by atoms with Gasteiger partial charge in [-0.3, -0.25) is 9.69 Å². The van der Waals surface area contributed by atoms with Crippen LogP contribution in [0.3, 0.4) is 0 Å². The summed E-state index contributed by atoms with van der Waals surface area (Å²) in [5.74, 6) is 6.91. The Morgan fingerprint density at radius 2 is 1.87 bits per heavy atom. The number of benzene rings is 2. The SMILES string of the molecule is CCOc1ccc(C#Cc2ccc3c(c2)C2(CC2)CN(CC(C)CC(=O)O)C3)cc1. The zero-order valence-electron chi connectivity index (χ0n) is 17.8. The van der Waals surface area contributed by atoms with E-state index >= 15 is 0 Å². The van der Waals surface area contributed by atoms with Crippen molar-refractivity contribution in [3.63, 3.8) is 0 Å². The fourth-order valence-corrected chi connectivity index (χ4v) is 4.55. The zero-order valence-corrected chi connectivity index (χ0v) is 17.8. The molecule has 0 amide bonds. The lowest BCUT2D eigenvalue weighted by Crippen LogP contribution is -2.40. The van der Waals surface area contributed by atoms with E-state index in [1.165, 1.54) is 24.0 Å². The molecule has 0 saturated heterocycles. The molecule has 1 fully saturated rings. The molecular weight excluding hydrogens is 374 g/mol. The van der Waals surface area contributed by atoms with Crippen LogP contribution < -0.4 is 4.74 Å². The molecule has 1 unspecified atom stereocenters. The first-order chi connectivity index (χ1) is 14.5. The van der Waals surface area contributed by atoms with Crippen molar-refractivity contribution >= 4 is 5.97 Å². The van der Waals surface area contributed by atoms with E-state index in [1.807, 2.05) is 38.1 Å². The van der Waals surface area contributed by atoms with Crippen LogP contribution in [0.25, 0.3) is 0 Å². The van der Waals surface area contributed by atoms with E-state index in [1.54, 1.807) is 0 Å². The van der Waals surface area contributed by atoms with E-state index in [0.29, 0.717) is 6.61 Å². The molecule has 0 radical (unpaired) electrons. The first kappa shape index (κ1) is 20.5. The number of hydrogen-bond donors (Lipinski definition) is 1. The Labute approximate surface area is 178 Å². The Morgan fingerprint density at radius 3 is 2.53 bits per heavy atom. The lowest BCUT2D eigenvalue weighted by molar-refractivity contribution is -0.138. The van der Waals surface area contributed by atoms with Gasteiger partial charge in [0, 0.05) is 42.6 Å². The smallest absolute Gasteiger partial charge is 0.303 e.